The van der Waals surface area contributed by atoms with Crippen LogP contribution >= 0.6 is 11.6 Å². The summed E-state index contributed by atoms with van der Waals surface area (Å²) in [6.07, 6.45) is 1.47. The van der Waals surface area contributed by atoms with E-state index < -0.39 is 11.8 Å². The molecule has 2 aromatic carbocycles. The molecule has 1 aliphatic carbocycles. The van der Waals surface area contributed by atoms with E-state index in [1.807, 2.05) is 69.3 Å². The van der Waals surface area contributed by atoms with Crippen molar-refractivity contribution in [2.75, 3.05) is 7.11 Å². The topological polar surface area (TPSA) is 65.0 Å². The number of carbonyl (C=O) groups is 2. The van der Waals surface area contributed by atoms with Crippen molar-refractivity contribution in [3.8, 4) is 5.75 Å². The van der Waals surface area contributed by atoms with Crippen LogP contribution < -0.4 is 4.74 Å². The van der Waals surface area contributed by atoms with Crippen LogP contribution in [0.25, 0.3) is 0 Å². The zero-order valence-corrected chi connectivity index (χ0v) is 20.8. The van der Waals surface area contributed by atoms with Gasteiger partial charge < -0.3 is 9.47 Å². The molecule has 34 heavy (non-hydrogen) atoms. The van der Waals surface area contributed by atoms with Gasteiger partial charge in [0.05, 0.1) is 13.2 Å². The van der Waals surface area contributed by atoms with E-state index in [0.29, 0.717) is 41.3 Å². The minimum absolute atomic E-state index is 0.00898. The molecular weight excluding hydrogens is 450 g/mol. The number of ether oxygens (including phenoxy) is 2. The quantitative estimate of drug-likeness (QED) is 0.458. The lowest BCUT2D eigenvalue weighted by atomic mass is 9.69. The Morgan fingerprint density at radius 2 is 1.85 bits per heavy atom. The van der Waals surface area contributed by atoms with Crippen LogP contribution in [0.4, 0.5) is 0 Å². The van der Waals surface area contributed by atoms with E-state index in [0.717, 1.165) is 16.8 Å². The third kappa shape index (κ3) is 4.67. The first kappa shape index (κ1) is 24.2. The zero-order chi connectivity index (χ0) is 24.4. The Balaban J connectivity index is 1.81. The van der Waals surface area contributed by atoms with Crippen LogP contribution in [0.2, 0.25) is 5.02 Å². The second-order valence-electron chi connectivity index (χ2n) is 9.05. The number of para-hydroxylation sites is 1. The molecule has 2 aromatic rings. The lowest BCUT2D eigenvalue weighted by Crippen LogP contribution is -2.39. The van der Waals surface area contributed by atoms with Crippen molar-refractivity contribution < 1.29 is 19.1 Å². The van der Waals surface area contributed by atoms with Gasteiger partial charge in [0.15, 0.2) is 5.78 Å². The van der Waals surface area contributed by atoms with Crippen molar-refractivity contribution in [2.45, 2.75) is 58.0 Å². The number of Topliss-reactive ketones (excluding diaryl/α,β-unsaturated/α-hetero) is 1. The number of carbonyl (C=O) groups excluding carboxylic acids is 2. The molecule has 0 amide bonds. The molecule has 0 N–H and O–H groups in total. The molecule has 0 saturated heterocycles. The van der Waals surface area contributed by atoms with E-state index in [4.69, 9.17) is 26.1 Å². The van der Waals surface area contributed by atoms with Crippen molar-refractivity contribution in [1.29, 1.82) is 0 Å². The van der Waals surface area contributed by atoms with Crippen LogP contribution in [-0.4, -0.2) is 30.7 Å². The number of esters is 1. The zero-order valence-electron chi connectivity index (χ0n) is 20.0. The van der Waals surface area contributed by atoms with E-state index in [1.54, 1.807) is 7.11 Å². The number of nitrogens with zero attached hydrogens (tertiary/aromatic N) is 1. The first-order valence-electron chi connectivity index (χ1n) is 11.7. The average molecular weight is 480 g/mol. The molecule has 4 rings (SSSR count). The first-order valence-corrected chi connectivity index (χ1v) is 12.1. The standard InChI is InChI=1S/C28H30ClNO4/c1-5-16(2)34-28(32)25-17(3)30-22-14-19(18-10-12-20(29)13-11-18)15-23(31)27(22)26(25)21-8-6-7-9-24(21)33-4/h6-13,16,19,25-26H,5,14-15H2,1-4H3/t16-,19-,25?,26+/m1/s1. The van der Waals surface area contributed by atoms with Gasteiger partial charge in [-0.2, -0.15) is 0 Å². The van der Waals surface area contributed by atoms with Crippen LogP contribution in [0.15, 0.2) is 64.8 Å². The summed E-state index contributed by atoms with van der Waals surface area (Å²) in [6.45, 7) is 5.70. The number of halogens is 1. The van der Waals surface area contributed by atoms with Crippen molar-refractivity contribution in [3.63, 3.8) is 0 Å². The molecule has 0 radical (unpaired) electrons. The van der Waals surface area contributed by atoms with Gasteiger partial charge in [-0.05, 0) is 56.4 Å². The molecule has 178 valence electrons. The summed E-state index contributed by atoms with van der Waals surface area (Å²) in [6, 6.07) is 15.2. The monoisotopic (exact) mass is 479 g/mol. The van der Waals surface area contributed by atoms with Crippen molar-refractivity contribution >= 4 is 29.1 Å². The van der Waals surface area contributed by atoms with Crippen molar-refractivity contribution in [3.05, 3.63) is 76.0 Å². The predicted octanol–water partition coefficient (Wildman–Crippen LogP) is 6.27. The van der Waals surface area contributed by atoms with Crippen LogP contribution in [0, 0.1) is 5.92 Å². The molecule has 0 bridgehead atoms. The highest BCUT2D eigenvalue weighted by Gasteiger charge is 2.45. The van der Waals surface area contributed by atoms with Gasteiger partial charge in [0.1, 0.15) is 11.7 Å². The van der Waals surface area contributed by atoms with Gasteiger partial charge >= 0.3 is 5.97 Å². The Bertz CT molecular complexity index is 1150. The third-order valence-corrected chi connectivity index (χ3v) is 7.10. The van der Waals surface area contributed by atoms with E-state index in [9.17, 15) is 9.59 Å². The number of benzene rings is 2. The largest absolute Gasteiger partial charge is 0.496 e. The van der Waals surface area contributed by atoms with Crippen LogP contribution in [0.3, 0.4) is 0 Å². The average Bonchev–Trinajstić information content (AvgIpc) is 2.83. The fourth-order valence-corrected chi connectivity index (χ4v) is 5.08. The highest BCUT2D eigenvalue weighted by molar-refractivity contribution is 6.30. The molecule has 2 aliphatic rings. The maximum Gasteiger partial charge on any atom is 0.315 e. The smallest absolute Gasteiger partial charge is 0.315 e. The lowest BCUT2D eigenvalue weighted by Gasteiger charge is -2.37. The Morgan fingerprint density at radius 1 is 1.15 bits per heavy atom. The van der Waals surface area contributed by atoms with E-state index in [-0.39, 0.29) is 23.8 Å². The molecule has 6 heteroatoms. The molecule has 0 fully saturated rings. The third-order valence-electron chi connectivity index (χ3n) is 6.85. The maximum atomic E-state index is 13.7. The normalized spacial score (nSPS) is 23.1. The van der Waals surface area contributed by atoms with Gasteiger partial charge in [-0.15, -0.1) is 0 Å². The Hall–Kier alpha value is -2.92. The summed E-state index contributed by atoms with van der Waals surface area (Å²) in [4.78, 5) is 31.9. The number of allylic oxidation sites excluding steroid dienone is 2. The number of hydrogen-bond donors (Lipinski definition) is 0. The molecular formula is C28H30ClNO4. The van der Waals surface area contributed by atoms with Crippen molar-refractivity contribution in [2.24, 2.45) is 10.9 Å². The summed E-state index contributed by atoms with van der Waals surface area (Å²) in [5, 5.41) is 0.663. The highest BCUT2D eigenvalue weighted by Crippen LogP contribution is 2.48. The fourth-order valence-electron chi connectivity index (χ4n) is 4.95. The Kier molecular flexibility index (Phi) is 7.22. The minimum Gasteiger partial charge on any atom is -0.496 e. The molecule has 1 heterocycles. The van der Waals surface area contributed by atoms with Gasteiger partial charge in [-0.3, -0.25) is 14.6 Å². The highest BCUT2D eigenvalue weighted by atomic mass is 35.5. The molecule has 0 spiro atoms. The van der Waals surface area contributed by atoms with Gasteiger partial charge in [-0.25, -0.2) is 0 Å². The van der Waals surface area contributed by atoms with E-state index in [1.165, 1.54) is 0 Å². The Morgan fingerprint density at radius 3 is 2.53 bits per heavy atom. The van der Waals surface area contributed by atoms with Crippen LogP contribution in [0.5, 0.6) is 5.75 Å². The van der Waals surface area contributed by atoms with Crippen LogP contribution in [0.1, 0.15) is 63.0 Å². The van der Waals surface area contributed by atoms with E-state index in [2.05, 4.69) is 0 Å². The van der Waals surface area contributed by atoms with Gasteiger partial charge in [0.2, 0.25) is 0 Å². The molecule has 0 aromatic heterocycles. The van der Waals surface area contributed by atoms with Crippen molar-refractivity contribution in [1.82, 2.24) is 0 Å². The summed E-state index contributed by atoms with van der Waals surface area (Å²) >= 11 is 6.06. The summed E-state index contributed by atoms with van der Waals surface area (Å²) in [5.41, 5.74) is 3.87. The first-order chi connectivity index (χ1) is 16.3. The van der Waals surface area contributed by atoms with Crippen LogP contribution in [-0.2, 0) is 14.3 Å². The number of rotatable bonds is 6. The van der Waals surface area contributed by atoms with E-state index >= 15 is 0 Å². The van der Waals surface area contributed by atoms with Gasteiger partial charge in [-0.1, -0.05) is 48.9 Å². The maximum absolute atomic E-state index is 13.7. The second-order valence-corrected chi connectivity index (χ2v) is 9.48. The number of aliphatic imine (C=N–C) groups is 1. The summed E-state index contributed by atoms with van der Waals surface area (Å²) in [7, 11) is 1.60. The van der Waals surface area contributed by atoms with Gasteiger partial charge in [0.25, 0.3) is 0 Å². The van der Waals surface area contributed by atoms with Gasteiger partial charge in [0, 0.05) is 39.9 Å². The predicted molar refractivity (Wildman–Crippen MR) is 134 cm³/mol. The second kappa shape index (κ2) is 10.1. The SMILES string of the molecule is CC[C@@H](C)OC(=O)C1C(C)=NC2=C(C(=O)C[C@H](c3ccc(Cl)cc3)C2)[C@H]1c1ccccc1OC. The number of methoxy groups -OCH3 is 1. The fraction of sp³-hybridized carbons (Fsp3) is 0.393. The molecule has 1 aliphatic heterocycles. The Labute approximate surface area is 205 Å². The molecule has 4 atom stereocenters. The summed E-state index contributed by atoms with van der Waals surface area (Å²) in [5.74, 6) is -0.871. The molecule has 0 saturated carbocycles. The molecule has 5 nitrogen and oxygen atoms in total. The number of ketones is 1. The molecule has 1 unspecified atom stereocenters. The lowest BCUT2D eigenvalue weighted by molar-refractivity contribution is -0.151. The summed E-state index contributed by atoms with van der Waals surface area (Å²) < 4.78 is 11.4. The minimum atomic E-state index is -0.680. The number of hydrogen-bond acceptors (Lipinski definition) is 5.